The minimum Gasteiger partial charge on any atom is -0.494 e. The SMILES string of the molecule is C=C(C)CCCCCCOc1ccccc1. The van der Waals surface area contributed by atoms with Gasteiger partial charge in [-0.1, -0.05) is 36.6 Å². The zero-order chi connectivity index (χ0) is 11.6. The highest BCUT2D eigenvalue weighted by atomic mass is 16.5. The number of unbranched alkanes of at least 4 members (excludes halogenated alkanes) is 3. The van der Waals surface area contributed by atoms with E-state index in [1.807, 2.05) is 30.3 Å². The Morgan fingerprint density at radius 2 is 1.75 bits per heavy atom. The number of para-hydroxylation sites is 1. The van der Waals surface area contributed by atoms with Gasteiger partial charge in [-0.05, 0) is 38.3 Å². The summed E-state index contributed by atoms with van der Waals surface area (Å²) in [6, 6.07) is 10.0. The molecule has 0 aliphatic carbocycles. The van der Waals surface area contributed by atoms with Crippen LogP contribution in [-0.2, 0) is 0 Å². The highest BCUT2D eigenvalue weighted by molar-refractivity contribution is 5.20. The zero-order valence-corrected chi connectivity index (χ0v) is 10.2. The van der Waals surface area contributed by atoms with Gasteiger partial charge in [0.05, 0.1) is 6.61 Å². The van der Waals surface area contributed by atoms with Gasteiger partial charge in [0.15, 0.2) is 0 Å². The molecule has 0 heterocycles. The first-order valence-electron chi connectivity index (χ1n) is 6.11. The molecule has 0 fully saturated rings. The summed E-state index contributed by atoms with van der Waals surface area (Å²) in [4.78, 5) is 0. The van der Waals surface area contributed by atoms with Gasteiger partial charge in [0.2, 0.25) is 0 Å². The summed E-state index contributed by atoms with van der Waals surface area (Å²) >= 11 is 0. The van der Waals surface area contributed by atoms with E-state index < -0.39 is 0 Å². The topological polar surface area (TPSA) is 9.23 Å². The van der Waals surface area contributed by atoms with Crippen molar-refractivity contribution < 1.29 is 4.74 Å². The van der Waals surface area contributed by atoms with Crippen molar-refractivity contribution in [2.24, 2.45) is 0 Å². The maximum atomic E-state index is 5.62. The van der Waals surface area contributed by atoms with Gasteiger partial charge < -0.3 is 4.74 Å². The van der Waals surface area contributed by atoms with Crippen molar-refractivity contribution in [2.45, 2.75) is 39.0 Å². The van der Waals surface area contributed by atoms with Gasteiger partial charge in [0, 0.05) is 0 Å². The third-order valence-corrected chi connectivity index (χ3v) is 2.51. The van der Waals surface area contributed by atoms with Crippen molar-refractivity contribution in [3.63, 3.8) is 0 Å². The van der Waals surface area contributed by atoms with E-state index in [4.69, 9.17) is 4.74 Å². The smallest absolute Gasteiger partial charge is 0.119 e. The van der Waals surface area contributed by atoms with Crippen LogP contribution >= 0.6 is 0 Å². The van der Waals surface area contributed by atoms with Crippen molar-refractivity contribution in [3.05, 3.63) is 42.5 Å². The molecule has 0 atom stereocenters. The molecule has 0 amide bonds. The predicted octanol–water partition coefficient (Wildman–Crippen LogP) is 4.59. The van der Waals surface area contributed by atoms with Gasteiger partial charge in [0.1, 0.15) is 5.75 Å². The largest absolute Gasteiger partial charge is 0.494 e. The molecule has 0 saturated heterocycles. The molecule has 0 aliphatic heterocycles. The number of hydrogen-bond donors (Lipinski definition) is 0. The summed E-state index contributed by atoms with van der Waals surface area (Å²) in [5.74, 6) is 0.976. The van der Waals surface area contributed by atoms with Crippen LogP contribution in [0, 0.1) is 0 Å². The van der Waals surface area contributed by atoms with Gasteiger partial charge in [-0.2, -0.15) is 0 Å². The summed E-state index contributed by atoms with van der Waals surface area (Å²) in [5, 5.41) is 0. The molecule has 16 heavy (non-hydrogen) atoms. The first-order valence-corrected chi connectivity index (χ1v) is 6.11. The third kappa shape index (κ3) is 6.28. The fraction of sp³-hybridized carbons (Fsp3) is 0.467. The predicted molar refractivity (Wildman–Crippen MR) is 69.8 cm³/mol. The second-order valence-corrected chi connectivity index (χ2v) is 4.28. The normalized spacial score (nSPS) is 10.1. The van der Waals surface area contributed by atoms with Crippen LogP contribution in [0.4, 0.5) is 0 Å². The Labute approximate surface area is 99.1 Å². The van der Waals surface area contributed by atoms with Gasteiger partial charge in [-0.15, -0.1) is 6.58 Å². The van der Waals surface area contributed by atoms with Gasteiger partial charge in [-0.3, -0.25) is 0 Å². The van der Waals surface area contributed by atoms with Crippen LogP contribution in [0.2, 0.25) is 0 Å². The van der Waals surface area contributed by atoms with Crippen LogP contribution in [0.25, 0.3) is 0 Å². The average Bonchev–Trinajstić information content (AvgIpc) is 2.29. The van der Waals surface area contributed by atoms with Crippen LogP contribution in [0.3, 0.4) is 0 Å². The van der Waals surface area contributed by atoms with Crippen molar-refractivity contribution in [3.8, 4) is 5.75 Å². The number of hydrogen-bond acceptors (Lipinski definition) is 1. The first-order chi connectivity index (χ1) is 7.79. The summed E-state index contributed by atoms with van der Waals surface area (Å²) in [5.41, 5.74) is 1.29. The standard InChI is InChI=1S/C15H22O/c1-14(2)10-6-3-4-9-13-16-15-11-7-5-8-12-15/h5,7-8,11-12H,1,3-4,6,9-10,13H2,2H3. The second-order valence-electron chi connectivity index (χ2n) is 4.28. The minimum atomic E-state index is 0.830. The van der Waals surface area contributed by atoms with E-state index in [0.29, 0.717) is 0 Å². The molecule has 1 nitrogen and oxygen atoms in total. The molecular weight excluding hydrogens is 196 g/mol. The molecule has 0 bridgehead atoms. The summed E-state index contributed by atoms with van der Waals surface area (Å²) in [6.07, 6.45) is 6.11. The highest BCUT2D eigenvalue weighted by Crippen LogP contribution is 2.11. The number of rotatable bonds is 8. The minimum absolute atomic E-state index is 0.830. The molecule has 0 aromatic heterocycles. The van der Waals surface area contributed by atoms with E-state index >= 15 is 0 Å². The maximum Gasteiger partial charge on any atom is 0.119 e. The Balaban J connectivity index is 1.94. The Bertz CT molecular complexity index is 290. The quantitative estimate of drug-likeness (QED) is 0.458. The van der Waals surface area contributed by atoms with E-state index in [1.165, 1.54) is 31.3 Å². The fourth-order valence-electron chi connectivity index (χ4n) is 1.59. The average molecular weight is 218 g/mol. The van der Waals surface area contributed by atoms with Crippen LogP contribution in [-0.4, -0.2) is 6.61 Å². The van der Waals surface area contributed by atoms with Crippen LogP contribution in [0.5, 0.6) is 5.75 Å². The molecule has 0 aliphatic rings. The summed E-state index contributed by atoms with van der Waals surface area (Å²) in [7, 11) is 0. The lowest BCUT2D eigenvalue weighted by atomic mass is 10.1. The summed E-state index contributed by atoms with van der Waals surface area (Å²) in [6.45, 7) is 6.83. The molecule has 0 unspecified atom stereocenters. The maximum absolute atomic E-state index is 5.62. The van der Waals surface area contributed by atoms with E-state index in [-0.39, 0.29) is 0 Å². The third-order valence-electron chi connectivity index (χ3n) is 2.51. The summed E-state index contributed by atoms with van der Waals surface area (Å²) < 4.78 is 5.62. The molecule has 0 radical (unpaired) electrons. The van der Waals surface area contributed by atoms with Crippen molar-refractivity contribution >= 4 is 0 Å². The van der Waals surface area contributed by atoms with E-state index in [2.05, 4.69) is 13.5 Å². The van der Waals surface area contributed by atoms with Crippen molar-refractivity contribution in [1.82, 2.24) is 0 Å². The fourth-order valence-corrected chi connectivity index (χ4v) is 1.59. The van der Waals surface area contributed by atoms with Gasteiger partial charge in [0.25, 0.3) is 0 Å². The zero-order valence-electron chi connectivity index (χ0n) is 10.2. The Morgan fingerprint density at radius 1 is 1.06 bits per heavy atom. The number of ether oxygens (including phenoxy) is 1. The lowest BCUT2D eigenvalue weighted by Gasteiger charge is -2.05. The van der Waals surface area contributed by atoms with Gasteiger partial charge in [-0.25, -0.2) is 0 Å². The van der Waals surface area contributed by atoms with E-state index in [9.17, 15) is 0 Å². The lowest BCUT2D eigenvalue weighted by Crippen LogP contribution is -1.96. The van der Waals surface area contributed by atoms with Crippen LogP contribution in [0.1, 0.15) is 39.0 Å². The van der Waals surface area contributed by atoms with Crippen molar-refractivity contribution in [2.75, 3.05) is 6.61 Å². The molecule has 0 spiro atoms. The lowest BCUT2D eigenvalue weighted by molar-refractivity contribution is 0.304. The molecular formula is C15H22O. The number of benzene rings is 1. The van der Waals surface area contributed by atoms with E-state index in [1.54, 1.807) is 0 Å². The van der Waals surface area contributed by atoms with Crippen molar-refractivity contribution in [1.29, 1.82) is 0 Å². The highest BCUT2D eigenvalue weighted by Gasteiger charge is 1.93. The molecule has 0 saturated carbocycles. The van der Waals surface area contributed by atoms with Gasteiger partial charge >= 0.3 is 0 Å². The second kappa shape index (κ2) is 7.98. The Morgan fingerprint density at radius 3 is 2.44 bits per heavy atom. The number of allylic oxidation sites excluding steroid dienone is 1. The Kier molecular flexibility index (Phi) is 6.39. The first kappa shape index (κ1) is 12.8. The molecule has 0 N–H and O–H groups in total. The molecule has 1 heteroatoms. The molecule has 1 rings (SSSR count). The monoisotopic (exact) mass is 218 g/mol. The molecule has 1 aromatic carbocycles. The molecule has 1 aromatic rings. The molecule has 88 valence electrons. The van der Waals surface area contributed by atoms with Crippen LogP contribution in [0.15, 0.2) is 42.5 Å². The Hall–Kier alpha value is -1.24. The van der Waals surface area contributed by atoms with Crippen LogP contribution < -0.4 is 4.74 Å². The van der Waals surface area contributed by atoms with E-state index in [0.717, 1.165) is 18.8 Å².